The topological polar surface area (TPSA) is 59.4 Å². The molecule has 2 aromatic carbocycles. The lowest BCUT2D eigenvalue weighted by Crippen LogP contribution is -2.41. The van der Waals surface area contributed by atoms with Crippen LogP contribution in [-0.2, 0) is 11.2 Å². The van der Waals surface area contributed by atoms with Crippen LogP contribution in [0.25, 0.3) is 11.1 Å². The van der Waals surface area contributed by atoms with Crippen LogP contribution in [0, 0.1) is 5.82 Å². The molecule has 1 unspecified atom stereocenters. The molecule has 1 amide bonds. The van der Waals surface area contributed by atoms with Gasteiger partial charge in [-0.1, -0.05) is 18.2 Å². The standard InChI is InChI=1S/C26H29FN4O2/c1-17-8-9-22-25(31(17)18(2)32)24(27)14-23(26(22)33-21-6-4-3-5-7-21)19-15-29-30(16-19)20-10-12-28-13-11-20/h3-7,14-17,20,28H,8-13H2,1-2H3. The highest BCUT2D eigenvalue weighted by Crippen LogP contribution is 2.46. The molecule has 6 nitrogen and oxygen atoms in total. The SMILES string of the molecule is CC(=O)N1c2c(F)cc(-c3cnn(C4CCNCC4)c3)c(Oc3ccccc3)c2CCC1C. The molecule has 2 aliphatic rings. The van der Waals surface area contributed by atoms with Gasteiger partial charge in [0.15, 0.2) is 0 Å². The Balaban J connectivity index is 1.64. The van der Waals surface area contributed by atoms with Crippen molar-refractivity contribution < 1.29 is 13.9 Å². The first-order valence-electron chi connectivity index (χ1n) is 11.7. The van der Waals surface area contributed by atoms with Gasteiger partial charge in [0.1, 0.15) is 17.3 Å². The molecule has 1 N–H and O–H groups in total. The zero-order chi connectivity index (χ0) is 22.9. The van der Waals surface area contributed by atoms with Crippen molar-refractivity contribution in [2.45, 2.75) is 51.6 Å². The molecule has 0 saturated carbocycles. The van der Waals surface area contributed by atoms with Crippen molar-refractivity contribution in [1.29, 1.82) is 0 Å². The lowest BCUT2D eigenvalue weighted by Gasteiger charge is -2.36. The van der Waals surface area contributed by atoms with E-state index >= 15 is 4.39 Å². The van der Waals surface area contributed by atoms with Gasteiger partial charge in [-0.25, -0.2) is 4.39 Å². The van der Waals surface area contributed by atoms with Crippen molar-refractivity contribution in [2.75, 3.05) is 18.0 Å². The van der Waals surface area contributed by atoms with Crippen LogP contribution in [0.5, 0.6) is 11.5 Å². The number of anilines is 1. The summed E-state index contributed by atoms with van der Waals surface area (Å²) in [7, 11) is 0. The largest absolute Gasteiger partial charge is 0.456 e. The van der Waals surface area contributed by atoms with E-state index < -0.39 is 5.82 Å². The van der Waals surface area contributed by atoms with Gasteiger partial charge in [-0.2, -0.15) is 5.10 Å². The van der Waals surface area contributed by atoms with E-state index in [0.717, 1.165) is 43.5 Å². The minimum atomic E-state index is -0.406. The third-order valence-corrected chi connectivity index (χ3v) is 6.69. The Labute approximate surface area is 193 Å². The molecular weight excluding hydrogens is 419 g/mol. The van der Waals surface area contributed by atoms with Gasteiger partial charge < -0.3 is 15.0 Å². The van der Waals surface area contributed by atoms with Crippen LogP contribution in [-0.4, -0.2) is 34.8 Å². The monoisotopic (exact) mass is 448 g/mol. The van der Waals surface area contributed by atoms with Crippen LogP contribution >= 0.6 is 0 Å². The van der Waals surface area contributed by atoms with Crippen LogP contribution in [0.15, 0.2) is 48.8 Å². The van der Waals surface area contributed by atoms with Gasteiger partial charge >= 0.3 is 0 Å². The molecule has 3 heterocycles. The Morgan fingerprint density at radius 2 is 1.94 bits per heavy atom. The summed E-state index contributed by atoms with van der Waals surface area (Å²) >= 11 is 0. The number of halogens is 1. The molecular formula is C26H29FN4O2. The highest BCUT2D eigenvalue weighted by molar-refractivity contribution is 5.95. The Kier molecular flexibility index (Phi) is 5.89. The van der Waals surface area contributed by atoms with Gasteiger partial charge in [-0.3, -0.25) is 9.48 Å². The van der Waals surface area contributed by atoms with E-state index in [1.165, 1.54) is 13.0 Å². The number of carbonyl (C=O) groups is 1. The molecule has 1 saturated heterocycles. The van der Waals surface area contributed by atoms with Gasteiger partial charge in [0, 0.05) is 35.9 Å². The molecule has 2 aliphatic heterocycles. The van der Waals surface area contributed by atoms with E-state index in [0.29, 0.717) is 35.2 Å². The number of nitrogens with one attached hydrogen (secondary N) is 1. The molecule has 7 heteroatoms. The summed E-state index contributed by atoms with van der Waals surface area (Å²) in [6, 6.07) is 11.3. The van der Waals surface area contributed by atoms with Crippen LogP contribution in [0.4, 0.5) is 10.1 Å². The highest BCUT2D eigenvalue weighted by atomic mass is 19.1. The van der Waals surface area contributed by atoms with Crippen molar-refractivity contribution >= 4 is 11.6 Å². The molecule has 0 spiro atoms. The molecule has 1 atom stereocenters. The normalized spacial score (nSPS) is 18.8. The van der Waals surface area contributed by atoms with E-state index in [1.807, 2.05) is 48.1 Å². The lowest BCUT2D eigenvalue weighted by molar-refractivity contribution is -0.117. The number of fused-ring (bicyclic) bond motifs is 1. The number of benzene rings is 2. The second kappa shape index (κ2) is 8.98. The van der Waals surface area contributed by atoms with Gasteiger partial charge in [0.05, 0.1) is 17.9 Å². The number of rotatable bonds is 4. The Morgan fingerprint density at radius 1 is 1.18 bits per heavy atom. The zero-order valence-corrected chi connectivity index (χ0v) is 19.1. The average molecular weight is 449 g/mol. The smallest absolute Gasteiger partial charge is 0.224 e. The van der Waals surface area contributed by atoms with Crippen LogP contribution < -0.4 is 15.0 Å². The predicted octanol–water partition coefficient (Wildman–Crippen LogP) is 5.09. The molecule has 0 bridgehead atoms. The summed E-state index contributed by atoms with van der Waals surface area (Å²) in [4.78, 5) is 14.0. The number of ether oxygens (including phenoxy) is 1. The summed E-state index contributed by atoms with van der Waals surface area (Å²) in [5.74, 6) is 0.697. The number of piperidine rings is 1. The van der Waals surface area contributed by atoms with Crippen LogP contribution in [0.2, 0.25) is 0 Å². The number of amides is 1. The summed E-state index contributed by atoms with van der Waals surface area (Å²) in [6.45, 7) is 5.38. The van der Waals surface area contributed by atoms with Gasteiger partial charge in [-0.15, -0.1) is 0 Å². The molecule has 3 aromatic rings. The zero-order valence-electron chi connectivity index (χ0n) is 19.1. The van der Waals surface area contributed by atoms with Gasteiger partial charge in [0.25, 0.3) is 0 Å². The Bertz CT molecular complexity index is 1150. The summed E-state index contributed by atoms with van der Waals surface area (Å²) in [6.07, 6.45) is 7.18. The summed E-state index contributed by atoms with van der Waals surface area (Å²) < 4.78 is 24.0. The molecule has 1 fully saturated rings. The number of para-hydroxylation sites is 1. The maximum atomic E-state index is 15.6. The van der Waals surface area contributed by atoms with Gasteiger partial charge in [0.2, 0.25) is 5.91 Å². The Morgan fingerprint density at radius 3 is 2.67 bits per heavy atom. The predicted molar refractivity (Wildman–Crippen MR) is 126 cm³/mol. The molecule has 172 valence electrons. The van der Waals surface area contributed by atoms with Crippen LogP contribution in [0.3, 0.4) is 0 Å². The minimum absolute atomic E-state index is 0.0670. The Hall–Kier alpha value is -3.19. The molecule has 0 radical (unpaired) electrons. The first-order chi connectivity index (χ1) is 16.0. The fourth-order valence-electron chi connectivity index (χ4n) is 5.02. The van der Waals surface area contributed by atoms with Crippen molar-refractivity contribution in [2.24, 2.45) is 0 Å². The van der Waals surface area contributed by atoms with E-state index in [1.54, 1.807) is 11.1 Å². The summed E-state index contributed by atoms with van der Waals surface area (Å²) in [5.41, 5.74) is 2.54. The summed E-state index contributed by atoms with van der Waals surface area (Å²) in [5, 5.41) is 7.98. The molecule has 33 heavy (non-hydrogen) atoms. The number of hydrogen-bond acceptors (Lipinski definition) is 4. The van der Waals surface area contributed by atoms with Crippen molar-refractivity contribution in [3.8, 4) is 22.6 Å². The lowest BCUT2D eigenvalue weighted by atomic mass is 9.91. The number of carbonyl (C=O) groups excluding carboxylic acids is 1. The molecule has 5 rings (SSSR count). The second-order valence-electron chi connectivity index (χ2n) is 8.94. The molecule has 1 aromatic heterocycles. The van der Waals surface area contributed by atoms with Gasteiger partial charge in [-0.05, 0) is 63.9 Å². The quantitative estimate of drug-likeness (QED) is 0.604. The van der Waals surface area contributed by atoms with Crippen LogP contribution in [0.1, 0.15) is 44.7 Å². The second-order valence-corrected chi connectivity index (χ2v) is 8.94. The van der Waals surface area contributed by atoms with E-state index in [9.17, 15) is 4.79 Å². The number of aromatic nitrogens is 2. The average Bonchev–Trinajstić information content (AvgIpc) is 3.32. The van der Waals surface area contributed by atoms with Crippen molar-refractivity contribution in [3.63, 3.8) is 0 Å². The first-order valence-corrected chi connectivity index (χ1v) is 11.7. The third-order valence-electron chi connectivity index (χ3n) is 6.69. The van der Waals surface area contributed by atoms with Crippen molar-refractivity contribution in [1.82, 2.24) is 15.1 Å². The fourth-order valence-corrected chi connectivity index (χ4v) is 5.02. The maximum Gasteiger partial charge on any atom is 0.224 e. The van der Waals surface area contributed by atoms with E-state index in [4.69, 9.17) is 4.74 Å². The first kappa shape index (κ1) is 21.6. The fraction of sp³-hybridized carbons (Fsp3) is 0.385. The van der Waals surface area contributed by atoms with E-state index in [2.05, 4.69) is 10.4 Å². The number of hydrogen-bond donors (Lipinski definition) is 1. The van der Waals surface area contributed by atoms with Crippen molar-refractivity contribution in [3.05, 3.63) is 60.2 Å². The minimum Gasteiger partial charge on any atom is -0.456 e. The third kappa shape index (κ3) is 4.13. The maximum absolute atomic E-state index is 15.6. The number of nitrogens with zero attached hydrogens (tertiary/aromatic N) is 3. The highest BCUT2D eigenvalue weighted by Gasteiger charge is 2.33. The van der Waals surface area contributed by atoms with E-state index in [-0.39, 0.29) is 11.9 Å². The molecule has 0 aliphatic carbocycles.